The Bertz CT molecular complexity index is 582. The number of nitrogens with one attached hydrogen (secondary N) is 1. The summed E-state index contributed by atoms with van der Waals surface area (Å²) in [4.78, 5) is 15.8. The molecule has 0 aliphatic heterocycles. The highest BCUT2D eigenvalue weighted by molar-refractivity contribution is 6.30. The van der Waals surface area contributed by atoms with Gasteiger partial charge in [-0.05, 0) is 12.1 Å². The van der Waals surface area contributed by atoms with Crippen molar-refractivity contribution in [1.82, 2.24) is 14.8 Å². The van der Waals surface area contributed by atoms with E-state index in [4.69, 9.17) is 16.3 Å². The Morgan fingerprint density at radius 2 is 2.28 bits per heavy atom. The summed E-state index contributed by atoms with van der Waals surface area (Å²) in [5.74, 6) is 0.559. The number of aromatic nitrogens is 3. The van der Waals surface area contributed by atoms with E-state index in [1.165, 1.54) is 24.1 Å². The van der Waals surface area contributed by atoms with Gasteiger partial charge in [-0.15, -0.1) is 0 Å². The number of carbonyl (C=O) groups excluding carboxylic acids is 1. The van der Waals surface area contributed by atoms with Crippen molar-refractivity contribution in [3.8, 4) is 5.88 Å². The molecule has 6 nitrogen and oxygen atoms in total. The second-order valence-electron chi connectivity index (χ2n) is 3.51. The number of nitrogens with zero attached hydrogens (tertiary/aromatic N) is 3. The molecule has 2 heterocycles. The van der Waals surface area contributed by atoms with E-state index >= 15 is 0 Å². The molecule has 18 heavy (non-hydrogen) atoms. The first-order valence-corrected chi connectivity index (χ1v) is 5.49. The van der Waals surface area contributed by atoms with Crippen LogP contribution in [-0.4, -0.2) is 27.8 Å². The number of hydrogen-bond acceptors (Lipinski definition) is 4. The van der Waals surface area contributed by atoms with E-state index in [1.54, 1.807) is 19.2 Å². The van der Waals surface area contributed by atoms with Crippen LogP contribution in [0.4, 0.5) is 5.82 Å². The quantitative estimate of drug-likeness (QED) is 0.919. The van der Waals surface area contributed by atoms with Crippen LogP contribution in [0.5, 0.6) is 5.88 Å². The van der Waals surface area contributed by atoms with Crippen LogP contribution in [0.1, 0.15) is 10.5 Å². The zero-order valence-electron chi connectivity index (χ0n) is 9.85. The molecule has 0 saturated heterocycles. The lowest BCUT2D eigenvalue weighted by Gasteiger charge is -2.00. The van der Waals surface area contributed by atoms with E-state index in [-0.39, 0.29) is 11.6 Å². The molecule has 2 aromatic rings. The molecular weight excluding hydrogens is 256 g/mol. The molecule has 1 N–H and O–H groups in total. The summed E-state index contributed by atoms with van der Waals surface area (Å²) < 4.78 is 6.56. The van der Waals surface area contributed by atoms with Crippen molar-refractivity contribution >= 4 is 23.3 Å². The zero-order chi connectivity index (χ0) is 13.1. The second kappa shape index (κ2) is 5.05. The minimum Gasteiger partial charge on any atom is -0.481 e. The van der Waals surface area contributed by atoms with Crippen LogP contribution in [0.3, 0.4) is 0 Å². The van der Waals surface area contributed by atoms with Crippen molar-refractivity contribution in [2.45, 2.75) is 0 Å². The van der Waals surface area contributed by atoms with Crippen LogP contribution in [0.15, 0.2) is 24.4 Å². The van der Waals surface area contributed by atoms with Gasteiger partial charge >= 0.3 is 0 Å². The van der Waals surface area contributed by atoms with Crippen LogP contribution in [0.2, 0.25) is 5.02 Å². The number of carbonyl (C=O) groups is 1. The summed E-state index contributed by atoms with van der Waals surface area (Å²) >= 11 is 5.78. The van der Waals surface area contributed by atoms with E-state index < -0.39 is 0 Å². The van der Waals surface area contributed by atoms with Gasteiger partial charge in [0.25, 0.3) is 5.91 Å². The van der Waals surface area contributed by atoms with Gasteiger partial charge in [-0.25, -0.2) is 4.68 Å². The number of rotatable bonds is 3. The topological polar surface area (TPSA) is 69.0 Å². The summed E-state index contributed by atoms with van der Waals surface area (Å²) in [5.41, 5.74) is 0.229. The molecule has 0 fully saturated rings. The highest BCUT2D eigenvalue weighted by Gasteiger charge is 2.11. The van der Waals surface area contributed by atoms with E-state index in [0.717, 1.165) is 0 Å². The maximum atomic E-state index is 11.9. The fourth-order valence-corrected chi connectivity index (χ4v) is 1.57. The summed E-state index contributed by atoms with van der Waals surface area (Å²) in [7, 11) is 3.24. The molecule has 94 valence electrons. The number of hydrogen-bond donors (Lipinski definition) is 1. The Labute approximate surface area is 109 Å². The van der Waals surface area contributed by atoms with Crippen molar-refractivity contribution in [2.75, 3.05) is 12.4 Å². The molecule has 0 aliphatic rings. The van der Waals surface area contributed by atoms with Crippen LogP contribution in [0, 0.1) is 0 Å². The van der Waals surface area contributed by atoms with Crippen LogP contribution in [-0.2, 0) is 7.05 Å². The molecule has 0 atom stereocenters. The van der Waals surface area contributed by atoms with Gasteiger partial charge in [-0.2, -0.15) is 5.10 Å². The Morgan fingerprint density at radius 1 is 1.50 bits per heavy atom. The normalized spacial score (nSPS) is 10.2. The van der Waals surface area contributed by atoms with Crippen LogP contribution >= 0.6 is 11.6 Å². The molecule has 0 spiro atoms. The molecule has 0 aliphatic carbocycles. The zero-order valence-corrected chi connectivity index (χ0v) is 10.6. The average Bonchev–Trinajstić information content (AvgIpc) is 2.69. The monoisotopic (exact) mass is 266 g/mol. The van der Waals surface area contributed by atoms with Gasteiger partial charge in [0.05, 0.1) is 7.11 Å². The molecule has 0 unspecified atom stereocenters. The number of anilines is 1. The maximum absolute atomic E-state index is 11.9. The lowest BCUT2D eigenvalue weighted by atomic mass is 10.3. The first-order chi connectivity index (χ1) is 8.60. The molecule has 0 radical (unpaired) electrons. The van der Waals surface area contributed by atoms with E-state index in [2.05, 4.69) is 15.4 Å². The summed E-state index contributed by atoms with van der Waals surface area (Å²) in [6.07, 6.45) is 1.47. The number of amides is 1. The lowest BCUT2D eigenvalue weighted by molar-refractivity contribution is 0.102. The number of aryl methyl sites for hydroxylation is 1. The first kappa shape index (κ1) is 12.4. The van der Waals surface area contributed by atoms with Crippen molar-refractivity contribution in [1.29, 1.82) is 0 Å². The standard InChI is InChI=1S/C11H11ClN4O2/c1-16-10(18-2)6-9(15-16)14-11(17)8-5-7(12)3-4-13-8/h3-6H,1-2H3,(H,14,15,17). The number of pyridine rings is 1. The fourth-order valence-electron chi connectivity index (χ4n) is 1.41. The summed E-state index contributed by atoms with van der Waals surface area (Å²) in [6, 6.07) is 4.70. The Kier molecular flexibility index (Phi) is 3.47. The van der Waals surface area contributed by atoms with Crippen molar-refractivity contribution in [3.05, 3.63) is 35.1 Å². The minimum absolute atomic E-state index is 0.229. The second-order valence-corrected chi connectivity index (χ2v) is 3.95. The van der Waals surface area contributed by atoms with Gasteiger partial charge in [0, 0.05) is 24.3 Å². The summed E-state index contributed by atoms with van der Waals surface area (Å²) in [5, 5.41) is 7.13. The smallest absolute Gasteiger partial charge is 0.275 e. The number of ether oxygens (including phenoxy) is 1. The summed E-state index contributed by atoms with van der Waals surface area (Å²) in [6.45, 7) is 0. The van der Waals surface area contributed by atoms with Gasteiger partial charge < -0.3 is 10.1 Å². The average molecular weight is 267 g/mol. The predicted molar refractivity (Wildman–Crippen MR) is 67.0 cm³/mol. The molecule has 0 saturated carbocycles. The number of methoxy groups -OCH3 is 1. The third kappa shape index (κ3) is 2.60. The molecule has 1 amide bonds. The van der Waals surface area contributed by atoms with Crippen molar-refractivity contribution in [2.24, 2.45) is 7.05 Å². The Morgan fingerprint density at radius 3 is 2.89 bits per heavy atom. The molecule has 2 rings (SSSR count). The van der Waals surface area contributed by atoms with Crippen LogP contribution in [0.25, 0.3) is 0 Å². The highest BCUT2D eigenvalue weighted by atomic mass is 35.5. The van der Waals surface area contributed by atoms with Gasteiger partial charge in [0.1, 0.15) is 5.69 Å². The van der Waals surface area contributed by atoms with Gasteiger partial charge in [-0.3, -0.25) is 9.78 Å². The molecular formula is C11H11ClN4O2. The molecule has 0 aromatic carbocycles. The third-order valence-corrected chi connectivity index (χ3v) is 2.48. The molecule has 7 heteroatoms. The van der Waals surface area contributed by atoms with E-state index in [9.17, 15) is 4.79 Å². The van der Waals surface area contributed by atoms with Crippen LogP contribution < -0.4 is 10.1 Å². The Hall–Kier alpha value is -2.08. The van der Waals surface area contributed by atoms with Crippen molar-refractivity contribution in [3.63, 3.8) is 0 Å². The van der Waals surface area contributed by atoms with Gasteiger partial charge in [0.15, 0.2) is 5.82 Å². The SMILES string of the molecule is COc1cc(NC(=O)c2cc(Cl)ccn2)nn1C. The number of halogens is 1. The molecule has 0 bridgehead atoms. The van der Waals surface area contributed by atoms with Gasteiger partial charge in [-0.1, -0.05) is 11.6 Å². The minimum atomic E-state index is -0.377. The first-order valence-electron chi connectivity index (χ1n) is 5.11. The Balaban J connectivity index is 2.16. The van der Waals surface area contributed by atoms with E-state index in [0.29, 0.717) is 16.7 Å². The van der Waals surface area contributed by atoms with E-state index in [1.807, 2.05) is 0 Å². The predicted octanol–water partition coefficient (Wildman–Crippen LogP) is 1.73. The van der Waals surface area contributed by atoms with Crippen molar-refractivity contribution < 1.29 is 9.53 Å². The lowest BCUT2D eigenvalue weighted by Crippen LogP contribution is -2.14. The largest absolute Gasteiger partial charge is 0.481 e. The van der Waals surface area contributed by atoms with Gasteiger partial charge in [0.2, 0.25) is 5.88 Å². The maximum Gasteiger partial charge on any atom is 0.275 e. The molecule has 2 aromatic heterocycles. The third-order valence-electron chi connectivity index (χ3n) is 2.24. The fraction of sp³-hybridized carbons (Fsp3) is 0.182. The highest BCUT2D eigenvalue weighted by Crippen LogP contribution is 2.16.